The van der Waals surface area contributed by atoms with E-state index in [0.717, 1.165) is 76.0 Å². The summed E-state index contributed by atoms with van der Waals surface area (Å²) in [7, 11) is -3.39. The van der Waals surface area contributed by atoms with Crippen LogP contribution in [0.4, 0.5) is 94.1 Å². The number of nitrogens with two attached hydrogens (primary N) is 6. The summed E-state index contributed by atoms with van der Waals surface area (Å²) in [6.45, 7) is 14.8. The van der Waals surface area contributed by atoms with Crippen molar-refractivity contribution in [1.82, 2.24) is 115 Å². The number of H-pyrrole nitrogens is 1. The standard InChI is InChI=1S/C23H22N8O2.C21H20N8O.C19H22N8O2.C19H20N6O4S.C16H21N7O3.CH4/c24-22-26-13-16(14-27-22)19-12-20(30-23(29-19)31-8-10-32-11-9-31)28-17-6-7-21(25-15-17)33-18-4-2-1-3-5-18;22-20-24-11-15(12-25-20)18-10-19(28-21(27-18)29-5-7-30-8-6-29)26-16-9-14-3-1-2-4-17(14)23-13-16;20-18-23-11-13(12-24-18)15-10-16(14-2-1-3-21-17(14)22-4-7-28)26-19(25-15)27-5-8-29-9-6-27;1-30(27,28)13-4-2-3-12(9-13)15-10-16(14-11-21-18(20)24-17(14)26)23-19(22-15)25-5-7-29-8-6-25;17-14-11(8-19-15(18)22-14)12-7-13(26-10-1-4-25-9-10)21-16(20-12)23-2-5-24-6-3-23;/h1-7,12-15H,8-11H2,(H2,24,26,27)(H,28,29,30);1-4,9-13H,5-8H2,(H2,22,24,25)(H,26,27,28);1-3,10-12,28H,4-9H2,(H,21,22)(H2,20,23,24);2-4,9-11H,5-8H2,1H3,(H3,20,21,24,26);7-8,10H,1-6,9H2,(H4,17,18,19,22);1H4/t;;;;10-;/m....1./s1. The van der Waals surface area contributed by atoms with Gasteiger partial charge in [-0.25, -0.2) is 93.1 Å². The van der Waals surface area contributed by atoms with E-state index >= 15 is 0 Å². The second kappa shape index (κ2) is 49.4. The Hall–Kier alpha value is -17.6. The van der Waals surface area contributed by atoms with Crippen LogP contribution in [-0.2, 0) is 38.3 Å². The van der Waals surface area contributed by atoms with Gasteiger partial charge in [0.2, 0.25) is 65.3 Å². The Kier molecular flexibility index (Phi) is 34.1. The molecule has 0 saturated carbocycles. The summed E-state index contributed by atoms with van der Waals surface area (Å²) in [4.78, 5) is 122. The van der Waals surface area contributed by atoms with E-state index in [1.54, 1.807) is 98.4 Å². The van der Waals surface area contributed by atoms with E-state index in [-0.39, 0.29) is 66.2 Å². The molecular formula is C99H109N37O12S. The predicted octanol–water partition coefficient (Wildman–Crippen LogP) is 8.20. The number of aromatic nitrogens is 23. The molecule has 6 saturated heterocycles. The van der Waals surface area contributed by atoms with Gasteiger partial charge in [-0.05, 0) is 66.7 Å². The first-order valence-corrected chi connectivity index (χ1v) is 49.1. The number of aliphatic hydroxyl groups excluding tert-OH is 1. The van der Waals surface area contributed by atoms with Gasteiger partial charge in [-0.2, -0.15) is 19.9 Å². The second-order valence-corrected chi connectivity index (χ2v) is 35.6. The Morgan fingerprint density at radius 1 is 0.403 bits per heavy atom. The maximum Gasteiger partial charge on any atom is 0.261 e. The molecule has 0 aliphatic carbocycles. The summed E-state index contributed by atoms with van der Waals surface area (Å²) < 4.78 is 68.3. The van der Waals surface area contributed by atoms with Crippen LogP contribution in [0.1, 0.15) is 13.8 Å². The minimum Gasteiger partial charge on any atom is -0.472 e. The van der Waals surface area contributed by atoms with Crippen LogP contribution in [0.3, 0.4) is 0 Å². The van der Waals surface area contributed by atoms with Crippen LogP contribution in [0.15, 0.2) is 217 Å². The highest BCUT2D eigenvalue weighted by molar-refractivity contribution is 7.90. The smallest absolute Gasteiger partial charge is 0.261 e. The molecule has 6 aliphatic heterocycles. The molecule has 149 heavy (non-hydrogen) atoms. The highest BCUT2D eigenvalue weighted by Gasteiger charge is 2.28. The Bertz CT molecular complexity index is 7370. The molecule has 50 heteroatoms. The van der Waals surface area contributed by atoms with Crippen LogP contribution in [0.25, 0.3) is 89.7 Å². The van der Waals surface area contributed by atoms with Crippen molar-refractivity contribution < 1.29 is 51.4 Å². The molecule has 0 bridgehead atoms. The van der Waals surface area contributed by atoms with E-state index in [0.29, 0.717) is 248 Å². The Morgan fingerprint density at radius 3 is 1.38 bits per heavy atom. The maximum absolute atomic E-state index is 12.4. The molecule has 3 aromatic carbocycles. The molecule has 13 aromatic heterocycles. The van der Waals surface area contributed by atoms with Gasteiger partial charge in [0.05, 0.1) is 171 Å². The number of pyridine rings is 3. The molecule has 19 heterocycles. The summed E-state index contributed by atoms with van der Waals surface area (Å²) in [5, 5.41) is 20.0. The number of benzene rings is 3. The molecule has 0 unspecified atom stereocenters. The molecule has 768 valence electrons. The molecule has 16 aromatic rings. The summed E-state index contributed by atoms with van der Waals surface area (Å²) in [5.74, 6) is 7.50. The lowest BCUT2D eigenvalue weighted by atomic mass is 10.1. The fraction of sp³-hybridized carbons (Fsp3) is 0.283. The molecule has 6 aliphatic rings. The Morgan fingerprint density at radius 2 is 0.872 bits per heavy atom. The summed E-state index contributed by atoms with van der Waals surface area (Å²) in [6.07, 6.45) is 20.0. The fourth-order valence-electron chi connectivity index (χ4n) is 15.6. The first kappa shape index (κ1) is 103. The molecule has 6 fully saturated rings. The number of aliphatic hydroxyl groups is 1. The zero-order valence-corrected chi connectivity index (χ0v) is 81.1. The van der Waals surface area contributed by atoms with Crippen LogP contribution < -0.4 is 89.9 Å². The summed E-state index contributed by atoms with van der Waals surface area (Å²) in [6, 6.07) is 42.5. The molecule has 0 amide bonds. The van der Waals surface area contributed by atoms with Gasteiger partial charge in [-0.3, -0.25) is 14.8 Å². The van der Waals surface area contributed by atoms with Gasteiger partial charge in [-0.1, -0.05) is 56.0 Å². The van der Waals surface area contributed by atoms with Crippen LogP contribution in [0.5, 0.6) is 17.5 Å². The van der Waals surface area contributed by atoms with Crippen molar-refractivity contribution in [3.05, 3.63) is 218 Å². The number of nitrogen functional groups attached to an aromatic ring is 6. The lowest BCUT2D eigenvalue weighted by Gasteiger charge is -2.27. The molecule has 49 nitrogen and oxygen atoms in total. The van der Waals surface area contributed by atoms with Crippen molar-refractivity contribution in [3.63, 3.8) is 0 Å². The number of aromatic amines is 1. The van der Waals surface area contributed by atoms with Crippen LogP contribution in [0, 0.1) is 0 Å². The van der Waals surface area contributed by atoms with E-state index in [4.69, 9.17) is 107 Å². The van der Waals surface area contributed by atoms with Crippen molar-refractivity contribution in [2.45, 2.75) is 24.8 Å². The van der Waals surface area contributed by atoms with Crippen molar-refractivity contribution >= 4 is 115 Å². The van der Waals surface area contributed by atoms with Crippen LogP contribution in [0.2, 0.25) is 0 Å². The third-order valence-electron chi connectivity index (χ3n) is 23.2. The van der Waals surface area contributed by atoms with Gasteiger partial charge in [0.15, 0.2) is 15.8 Å². The van der Waals surface area contributed by atoms with Gasteiger partial charge in [0.25, 0.3) is 5.56 Å². The number of hydrogen-bond acceptors (Lipinski definition) is 48. The molecule has 17 N–H and O–H groups in total. The number of anilines is 16. The summed E-state index contributed by atoms with van der Waals surface area (Å²) in [5.41, 5.74) is 44.9. The third kappa shape index (κ3) is 27.8. The van der Waals surface area contributed by atoms with E-state index in [2.05, 4.69) is 120 Å². The lowest BCUT2D eigenvalue weighted by Crippen LogP contribution is -2.37. The fourth-order valence-corrected chi connectivity index (χ4v) is 16.3. The van der Waals surface area contributed by atoms with Crippen molar-refractivity contribution in [2.24, 2.45) is 0 Å². The largest absolute Gasteiger partial charge is 0.472 e. The number of nitrogens with one attached hydrogen (secondary N) is 4. The molecule has 0 radical (unpaired) electrons. The number of ether oxygens (including phenoxy) is 8. The van der Waals surface area contributed by atoms with Crippen molar-refractivity contribution in [3.8, 4) is 96.3 Å². The van der Waals surface area contributed by atoms with Gasteiger partial charge < -0.3 is 118 Å². The minimum absolute atomic E-state index is 0. The zero-order valence-electron chi connectivity index (χ0n) is 80.3. The van der Waals surface area contributed by atoms with E-state index in [9.17, 15) is 13.2 Å². The highest BCUT2D eigenvalue weighted by Crippen LogP contribution is 2.36. The first-order valence-electron chi connectivity index (χ1n) is 47.2. The summed E-state index contributed by atoms with van der Waals surface area (Å²) >= 11 is 0. The van der Waals surface area contributed by atoms with Crippen LogP contribution in [-0.4, -0.2) is 298 Å². The van der Waals surface area contributed by atoms with Gasteiger partial charge in [-0.15, -0.1) is 0 Å². The Labute approximate surface area is 854 Å². The maximum atomic E-state index is 12.4. The lowest BCUT2D eigenvalue weighted by molar-refractivity contribution is 0.121. The predicted molar refractivity (Wildman–Crippen MR) is 563 cm³/mol. The normalized spacial score (nSPS) is 15.0. The second-order valence-electron chi connectivity index (χ2n) is 33.6. The van der Waals surface area contributed by atoms with E-state index < -0.39 is 15.4 Å². The number of morpholine rings is 5. The molecule has 1 atom stereocenters. The zero-order chi connectivity index (χ0) is 102. The minimum atomic E-state index is -3.39. The average Bonchev–Trinajstić information content (AvgIpc) is 1.59. The van der Waals surface area contributed by atoms with Gasteiger partial charge in [0.1, 0.15) is 35.1 Å². The number of sulfone groups is 1. The number of rotatable bonds is 24. The molecular weight excluding hydrogens is 1930 g/mol. The van der Waals surface area contributed by atoms with Crippen LogP contribution >= 0.6 is 0 Å². The topological polar surface area (TPSA) is 653 Å². The average molecular weight is 2040 g/mol. The number of fused-ring (bicyclic) bond motifs is 1. The monoisotopic (exact) mass is 2040 g/mol. The molecule has 22 rings (SSSR count). The third-order valence-corrected chi connectivity index (χ3v) is 24.3. The van der Waals surface area contributed by atoms with Gasteiger partial charge >= 0.3 is 0 Å². The Balaban J connectivity index is 0.000000127. The van der Waals surface area contributed by atoms with Crippen molar-refractivity contribution in [2.75, 3.05) is 239 Å². The molecule has 0 spiro atoms. The SMILES string of the molecule is C.CS(=O)(=O)c1cccc(-c2cc(-c3cnc(N)[nH]c3=O)nc(N3CCOCC3)n2)c1.Nc1ncc(-c2cc(-c3cccnc3NCCO)nc(N3CCOCC3)n2)cn1.Nc1ncc(-c2cc(Nc3ccc(Oc4ccccc4)nc3)nc(N3CCOCC3)n2)cn1.Nc1ncc(-c2cc(Nc3cnc4ccccc4c3)nc(N3CCOCC3)n2)cn1.Nc1ncc(-c2cc(O[C@@H]3CCOC3)nc(N3CCOCC3)n2)c(N)n1. The van der Waals surface area contributed by atoms with Gasteiger partial charge in [0, 0.05) is 198 Å². The van der Waals surface area contributed by atoms with Crippen molar-refractivity contribution in [1.29, 1.82) is 0 Å². The van der Waals surface area contributed by atoms with E-state index in [1.807, 2.05) is 102 Å². The number of nitrogens with zero attached hydrogens (tertiary/aromatic N) is 27. The first-order chi connectivity index (χ1) is 72.2. The van der Waals surface area contributed by atoms with E-state index in [1.165, 1.54) is 12.3 Å². The number of hydrogen-bond donors (Lipinski definition) is 11. The number of para-hydroxylation sites is 2. The highest BCUT2D eigenvalue weighted by atomic mass is 32.2. The quantitative estimate of drug-likeness (QED) is 0.0271.